The zero-order valence-corrected chi connectivity index (χ0v) is 9.61. The van der Waals surface area contributed by atoms with Crippen LogP contribution in [0.2, 0.25) is 0 Å². The number of rotatable bonds is 2. The molecule has 0 radical (unpaired) electrons. The molecule has 0 aliphatic heterocycles. The minimum absolute atomic E-state index is 0.283. The Balaban J connectivity index is 2.31. The molecule has 0 aliphatic rings. The highest BCUT2D eigenvalue weighted by Gasteiger charge is 2.19. The fourth-order valence-electron chi connectivity index (χ4n) is 1.51. The first-order valence-electron chi connectivity index (χ1n) is 5.31. The van der Waals surface area contributed by atoms with Crippen LogP contribution in [0, 0.1) is 18.6 Å². The van der Waals surface area contributed by atoms with Crippen molar-refractivity contribution in [2.45, 2.75) is 6.92 Å². The van der Waals surface area contributed by atoms with E-state index in [9.17, 15) is 13.6 Å². The second kappa shape index (κ2) is 4.96. The number of hydrogen-bond acceptors (Lipinski definition) is 2. The van der Waals surface area contributed by atoms with Crippen LogP contribution >= 0.6 is 0 Å². The Kier molecular flexibility index (Phi) is 3.37. The average Bonchev–Trinajstić information content (AvgIpc) is 2.32. The van der Waals surface area contributed by atoms with Crippen molar-refractivity contribution in [1.82, 2.24) is 0 Å². The molecule has 0 atom stereocenters. The normalized spacial score (nSPS) is 10.2. The standard InChI is InChI=1S/C14H10F2O2/c1-9-5-2-3-8-12(9)18-14(17)13-10(15)6-4-7-11(13)16/h2-8H,1H3. The summed E-state index contributed by atoms with van der Waals surface area (Å²) in [6, 6.07) is 9.96. The molecule has 0 amide bonds. The Morgan fingerprint density at radius 3 is 2.22 bits per heavy atom. The second-order valence-corrected chi connectivity index (χ2v) is 3.75. The van der Waals surface area contributed by atoms with Crippen molar-refractivity contribution in [2.75, 3.05) is 0 Å². The Morgan fingerprint density at radius 2 is 1.61 bits per heavy atom. The van der Waals surface area contributed by atoms with Crippen LogP contribution in [0.15, 0.2) is 42.5 Å². The van der Waals surface area contributed by atoms with Gasteiger partial charge >= 0.3 is 5.97 Å². The van der Waals surface area contributed by atoms with Crippen molar-refractivity contribution in [3.05, 3.63) is 65.2 Å². The summed E-state index contributed by atoms with van der Waals surface area (Å²) in [7, 11) is 0. The summed E-state index contributed by atoms with van der Waals surface area (Å²) in [4.78, 5) is 11.7. The van der Waals surface area contributed by atoms with Gasteiger partial charge in [0, 0.05) is 0 Å². The molecule has 0 N–H and O–H groups in total. The quantitative estimate of drug-likeness (QED) is 0.600. The highest BCUT2D eigenvalue weighted by Crippen LogP contribution is 2.20. The molecule has 2 aromatic carbocycles. The van der Waals surface area contributed by atoms with Crippen molar-refractivity contribution >= 4 is 5.97 Å². The van der Waals surface area contributed by atoms with Gasteiger partial charge < -0.3 is 4.74 Å². The second-order valence-electron chi connectivity index (χ2n) is 3.75. The van der Waals surface area contributed by atoms with Crippen LogP contribution in [0.3, 0.4) is 0 Å². The molecule has 0 heterocycles. The largest absolute Gasteiger partial charge is 0.423 e. The maximum Gasteiger partial charge on any atom is 0.349 e. The van der Waals surface area contributed by atoms with Gasteiger partial charge in [-0.2, -0.15) is 0 Å². The summed E-state index contributed by atoms with van der Waals surface area (Å²) in [6.07, 6.45) is 0. The van der Waals surface area contributed by atoms with Crippen LogP contribution in [-0.2, 0) is 0 Å². The number of halogens is 2. The summed E-state index contributed by atoms with van der Waals surface area (Å²) >= 11 is 0. The molecule has 0 saturated carbocycles. The van der Waals surface area contributed by atoms with E-state index < -0.39 is 23.2 Å². The average molecular weight is 248 g/mol. The number of benzene rings is 2. The number of carbonyl (C=O) groups excluding carboxylic acids is 1. The molecular weight excluding hydrogens is 238 g/mol. The van der Waals surface area contributed by atoms with E-state index in [0.29, 0.717) is 5.56 Å². The number of carbonyl (C=O) groups is 1. The third kappa shape index (κ3) is 2.37. The number of aryl methyl sites for hydroxylation is 1. The van der Waals surface area contributed by atoms with E-state index in [0.717, 1.165) is 12.1 Å². The molecule has 2 aromatic rings. The van der Waals surface area contributed by atoms with Gasteiger partial charge in [0.25, 0.3) is 0 Å². The van der Waals surface area contributed by atoms with E-state index >= 15 is 0 Å². The lowest BCUT2D eigenvalue weighted by Crippen LogP contribution is -2.13. The minimum Gasteiger partial charge on any atom is -0.423 e. The van der Waals surface area contributed by atoms with Gasteiger partial charge in [-0.3, -0.25) is 0 Å². The molecule has 0 spiro atoms. The first kappa shape index (κ1) is 12.2. The molecule has 2 nitrogen and oxygen atoms in total. The van der Waals surface area contributed by atoms with Gasteiger partial charge in [0.1, 0.15) is 22.9 Å². The third-order valence-corrected chi connectivity index (χ3v) is 2.46. The fraction of sp³-hybridized carbons (Fsp3) is 0.0714. The molecule has 18 heavy (non-hydrogen) atoms. The maximum absolute atomic E-state index is 13.4. The van der Waals surface area contributed by atoms with E-state index in [2.05, 4.69) is 0 Å². The van der Waals surface area contributed by atoms with Crippen molar-refractivity contribution < 1.29 is 18.3 Å². The molecule has 0 aromatic heterocycles. The van der Waals surface area contributed by atoms with Gasteiger partial charge in [-0.15, -0.1) is 0 Å². The van der Waals surface area contributed by atoms with Gasteiger partial charge in [-0.05, 0) is 30.7 Å². The monoisotopic (exact) mass is 248 g/mol. The molecule has 0 fully saturated rings. The molecule has 0 aliphatic carbocycles. The van der Waals surface area contributed by atoms with Crippen LogP contribution in [0.25, 0.3) is 0 Å². The van der Waals surface area contributed by atoms with Gasteiger partial charge in [0.05, 0.1) is 0 Å². The highest BCUT2D eigenvalue weighted by molar-refractivity contribution is 5.91. The van der Waals surface area contributed by atoms with Crippen LogP contribution in [0.1, 0.15) is 15.9 Å². The van der Waals surface area contributed by atoms with Gasteiger partial charge in [0.2, 0.25) is 0 Å². The predicted molar refractivity (Wildman–Crippen MR) is 62.5 cm³/mol. The zero-order chi connectivity index (χ0) is 13.1. The van der Waals surface area contributed by atoms with Crippen molar-refractivity contribution in [1.29, 1.82) is 0 Å². The van der Waals surface area contributed by atoms with E-state index in [1.165, 1.54) is 6.07 Å². The summed E-state index contributed by atoms with van der Waals surface area (Å²) in [5, 5.41) is 0. The van der Waals surface area contributed by atoms with Crippen molar-refractivity contribution in [3.63, 3.8) is 0 Å². The van der Waals surface area contributed by atoms with Crippen LogP contribution in [0.4, 0.5) is 8.78 Å². The van der Waals surface area contributed by atoms with Crippen LogP contribution in [0.5, 0.6) is 5.75 Å². The predicted octanol–water partition coefficient (Wildman–Crippen LogP) is 3.49. The van der Waals surface area contributed by atoms with E-state index in [1.807, 2.05) is 0 Å². The van der Waals surface area contributed by atoms with E-state index in [-0.39, 0.29) is 5.75 Å². The molecule has 0 saturated heterocycles. The maximum atomic E-state index is 13.4. The summed E-state index contributed by atoms with van der Waals surface area (Å²) < 4.78 is 31.7. The molecule has 92 valence electrons. The molecular formula is C14H10F2O2. The van der Waals surface area contributed by atoms with E-state index in [1.54, 1.807) is 31.2 Å². The SMILES string of the molecule is Cc1ccccc1OC(=O)c1c(F)cccc1F. The van der Waals surface area contributed by atoms with E-state index in [4.69, 9.17) is 4.74 Å². The van der Waals surface area contributed by atoms with Crippen LogP contribution in [-0.4, -0.2) is 5.97 Å². The summed E-state index contributed by atoms with van der Waals surface area (Å²) in [5.74, 6) is -2.63. The van der Waals surface area contributed by atoms with Crippen molar-refractivity contribution in [2.24, 2.45) is 0 Å². The fourth-order valence-corrected chi connectivity index (χ4v) is 1.51. The Bertz CT molecular complexity index is 574. The van der Waals surface area contributed by atoms with Crippen molar-refractivity contribution in [3.8, 4) is 5.75 Å². The Morgan fingerprint density at radius 1 is 1.00 bits per heavy atom. The minimum atomic E-state index is -1.04. The van der Waals surface area contributed by atoms with Gasteiger partial charge in [0.15, 0.2) is 0 Å². The molecule has 2 rings (SSSR count). The topological polar surface area (TPSA) is 26.3 Å². The van der Waals surface area contributed by atoms with Gasteiger partial charge in [-0.25, -0.2) is 13.6 Å². The summed E-state index contributed by atoms with van der Waals surface area (Å²) in [6.45, 7) is 1.74. The third-order valence-electron chi connectivity index (χ3n) is 2.46. The van der Waals surface area contributed by atoms with Crippen LogP contribution < -0.4 is 4.74 Å². The molecule has 4 heteroatoms. The smallest absolute Gasteiger partial charge is 0.349 e. The Hall–Kier alpha value is -2.23. The summed E-state index contributed by atoms with van der Waals surface area (Å²) in [5.41, 5.74) is 0.0309. The zero-order valence-electron chi connectivity index (χ0n) is 9.61. The van der Waals surface area contributed by atoms with Gasteiger partial charge in [-0.1, -0.05) is 24.3 Å². The Labute approximate surface area is 103 Å². The number of para-hydroxylation sites is 1. The number of ether oxygens (including phenoxy) is 1. The lowest BCUT2D eigenvalue weighted by molar-refractivity contribution is 0.0723. The number of esters is 1. The number of hydrogen-bond donors (Lipinski definition) is 0. The first-order valence-corrected chi connectivity index (χ1v) is 5.31. The molecule has 0 unspecified atom stereocenters. The first-order chi connectivity index (χ1) is 8.59. The highest BCUT2D eigenvalue weighted by atomic mass is 19.1. The lowest BCUT2D eigenvalue weighted by atomic mass is 10.2. The molecule has 0 bridgehead atoms. The lowest BCUT2D eigenvalue weighted by Gasteiger charge is -2.08.